The monoisotopic (exact) mass is 256 g/mol. The number of likely N-dealkylation sites (N-methyl/N-ethyl adjacent to an activating group) is 1. The number of aliphatic carboxylic acids is 1. The molecule has 0 aliphatic carbocycles. The minimum absolute atomic E-state index is 0.0786. The van der Waals surface area contributed by atoms with Crippen LogP contribution in [-0.2, 0) is 9.59 Å². The molecule has 104 valence electrons. The number of likely N-dealkylation sites (tertiary alicyclic amines) is 1. The fourth-order valence-electron chi connectivity index (χ4n) is 2.63. The normalized spacial score (nSPS) is 28.8. The highest BCUT2D eigenvalue weighted by Crippen LogP contribution is 2.29. The summed E-state index contributed by atoms with van der Waals surface area (Å²) in [5.41, 5.74) is 0. The summed E-state index contributed by atoms with van der Waals surface area (Å²) in [6.45, 7) is 8.08. The van der Waals surface area contributed by atoms with Crippen LogP contribution in [0, 0.1) is 11.8 Å². The van der Waals surface area contributed by atoms with Crippen LogP contribution in [0.1, 0.15) is 27.2 Å². The number of hydrogen-bond donors (Lipinski definition) is 1. The summed E-state index contributed by atoms with van der Waals surface area (Å²) in [4.78, 5) is 27.1. The second-order valence-electron chi connectivity index (χ2n) is 5.27. The van der Waals surface area contributed by atoms with E-state index in [1.165, 1.54) is 0 Å². The van der Waals surface area contributed by atoms with Crippen molar-refractivity contribution in [1.82, 2.24) is 9.80 Å². The van der Waals surface area contributed by atoms with E-state index in [4.69, 9.17) is 0 Å². The predicted molar refractivity (Wildman–Crippen MR) is 69.3 cm³/mol. The van der Waals surface area contributed by atoms with Gasteiger partial charge >= 0.3 is 5.97 Å². The Bertz CT molecular complexity index is 319. The molecule has 18 heavy (non-hydrogen) atoms. The van der Waals surface area contributed by atoms with Gasteiger partial charge in [-0.25, -0.2) is 0 Å². The molecule has 1 aliphatic rings. The molecule has 1 fully saturated rings. The molecule has 0 aromatic carbocycles. The highest BCUT2D eigenvalue weighted by atomic mass is 16.4. The number of carbonyl (C=O) groups excluding carboxylic acids is 1. The number of carbonyl (C=O) groups is 2. The average molecular weight is 256 g/mol. The van der Waals surface area contributed by atoms with E-state index in [-0.39, 0.29) is 17.9 Å². The number of nitrogens with zero attached hydrogens (tertiary/aromatic N) is 2. The van der Waals surface area contributed by atoms with E-state index >= 15 is 0 Å². The molecule has 1 amide bonds. The Hall–Kier alpha value is -1.10. The van der Waals surface area contributed by atoms with Crippen molar-refractivity contribution in [3.63, 3.8) is 0 Å². The summed E-state index contributed by atoms with van der Waals surface area (Å²) in [5, 5.41) is 9.26. The molecule has 1 rings (SSSR count). The first-order chi connectivity index (χ1) is 8.38. The van der Waals surface area contributed by atoms with Crippen LogP contribution in [0.25, 0.3) is 0 Å². The minimum Gasteiger partial charge on any atom is -0.481 e. The van der Waals surface area contributed by atoms with Crippen LogP contribution in [0.15, 0.2) is 0 Å². The topological polar surface area (TPSA) is 60.9 Å². The lowest BCUT2D eigenvalue weighted by atomic mass is 9.81. The van der Waals surface area contributed by atoms with Gasteiger partial charge in [0, 0.05) is 25.6 Å². The lowest BCUT2D eigenvalue weighted by Gasteiger charge is -2.41. The Balaban J connectivity index is 2.71. The maximum atomic E-state index is 12.0. The van der Waals surface area contributed by atoms with Gasteiger partial charge in [-0.2, -0.15) is 0 Å². The van der Waals surface area contributed by atoms with E-state index < -0.39 is 11.9 Å². The van der Waals surface area contributed by atoms with Gasteiger partial charge in [0.1, 0.15) is 0 Å². The standard InChI is InChI=1S/C13H24N2O3/c1-5-14(4)6-7-15-10(3)12(13(17)18)9(2)8-11(15)16/h9-10,12H,5-8H2,1-4H3,(H,17,18). The van der Waals surface area contributed by atoms with Crippen LogP contribution >= 0.6 is 0 Å². The zero-order valence-corrected chi connectivity index (χ0v) is 11.7. The fraction of sp³-hybridized carbons (Fsp3) is 0.846. The average Bonchev–Trinajstić information content (AvgIpc) is 2.27. The third-order valence-electron chi connectivity index (χ3n) is 3.99. The van der Waals surface area contributed by atoms with E-state index in [0.29, 0.717) is 13.0 Å². The number of piperidine rings is 1. The molecule has 0 spiro atoms. The Labute approximate surface area is 109 Å². The van der Waals surface area contributed by atoms with Gasteiger partial charge in [-0.15, -0.1) is 0 Å². The second-order valence-corrected chi connectivity index (χ2v) is 5.27. The van der Waals surface area contributed by atoms with Crippen LogP contribution in [0.5, 0.6) is 0 Å². The quantitative estimate of drug-likeness (QED) is 0.794. The first-order valence-electron chi connectivity index (χ1n) is 6.59. The Morgan fingerprint density at radius 1 is 1.50 bits per heavy atom. The van der Waals surface area contributed by atoms with Crippen molar-refractivity contribution in [3.05, 3.63) is 0 Å². The molecule has 0 radical (unpaired) electrons. The number of carboxylic acid groups (broad SMARTS) is 1. The summed E-state index contributed by atoms with van der Waals surface area (Å²) >= 11 is 0. The molecular weight excluding hydrogens is 232 g/mol. The van der Waals surface area contributed by atoms with Crippen molar-refractivity contribution in [1.29, 1.82) is 0 Å². The van der Waals surface area contributed by atoms with Crippen LogP contribution in [0.4, 0.5) is 0 Å². The highest BCUT2D eigenvalue weighted by molar-refractivity contribution is 5.81. The third kappa shape index (κ3) is 3.22. The molecule has 0 aromatic heterocycles. The number of hydrogen-bond acceptors (Lipinski definition) is 3. The molecule has 1 heterocycles. The molecule has 3 atom stereocenters. The first-order valence-corrected chi connectivity index (χ1v) is 6.59. The van der Waals surface area contributed by atoms with Crippen molar-refractivity contribution < 1.29 is 14.7 Å². The Morgan fingerprint density at radius 2 is 2.11 bits per heavy atom. The lowest BCUT2D eigenvalue weighted by molar-refractivity contribution is -0.154. The van der Waals surface area contributed by atoms with Crippen molar-refractivity contribution >= 4 is 11.9 Å². The predicted octanol–water partition coefficient (Wildman–Crippen LogP) is 0.896. The first kappa shape index (κ1) is 15.0. The number of carboxylic acids is 1. The smallest absolute Gasteiger partial charge is 0.308 e. The third-order valence-corrected chi connectivity index (χ3v) is 3.99. The van der Waals surface area contributed by atoms with E-state index in [1.807, 2.05) is 20.9 Å². The SMILES string of the molecule is CCN(C)CCN1C(=O)CC(C)C(C(=O)O)C1C. The number of rotatable bonds is 5. The minimum atomic E-state index is -0.795. The summed E-state index contributed by atoms with van der Waals surface area (Å²) < 4.78 is 0. The molecule has 5 nitrogen and oxygen atoms in total. The Kier molecular flexibility index (Phi) is 5.14. The van der Waals surface area contributed by atoms with E-state index in [1.54, 1.807) is 4.90 Å². The molecule has 0 aromatic rings. The van der Waals surface area contributed by atoms with Crippen molar-refractivity contribution in [3.8, 4) is 0 Å². The fourth-order valence-corrected chi connectivity index (χ4v) is 2.63. The summed E-state index contributed by atoms with van der Waals surface area (Å²) in [5.74, 6) is -1.24. The van der Waals surface area contributed by atoms with Crippen molar-refractivity contribution in [2.24, 2.45) is 11.8 Å². The molecule has 1 saturated heterocycles. The molecule has 1 N–H and O–H groups in total. The highest BCUT2D eigenvalue weighted by Gasteiger charge is 2.41. The molecule has 0 bridgehead atoms. The van der Waals surface area contributed by atoms with Crippen LogP contribution in [0.2, 0.25) is 0 Å². The maximum Gasteiger partial charge on any atom is 0.308 e. The zero-order valence-electron chi connectivity index (χ0n) is 11.7. The van der Waals surface area contributed by atoms with Crippen LogP contribution < -0.4 is 0 Å². The van der Waals surface area contributed by atoms with Gasteiger partial charge in [0.2, 0.25) is 5.91 Å². The van der Waals surface area contributed by atoms with Crippen LogP contribution in [-0.4, -0.2) is 59.5 Å². The maximum absolute atomic E-state index is 12.0. The van der Waals surface area contributed by atoms with Gasteiger partial charge in [-0.05, 0) is 26.4 Å². The van der Waals surface area contributed by atoms with Gasteiger partial charge < -0.3 is 14.9 Å². The number of amides is 1. The largest absolute Gasteiger partial charge is 0.481 e. The summed E-state index contributed by atoms with van der Waals surface area (Å²) in [6, 6.07) is -0.219. The molecule has 3 unspecified atom stereocenters. The molecule has 0 saturated carbocycles. The molecular formula is C13H24N2O3. The van der Waals surface area contributed by atoms with E-state index in [2.05, 4.69) is 11.8 Å². The summed E-state index contributed by atoms with van der Waals surface area (Å²) in [7, 11) is 2.00. The zero-order chi connectivity index (χ0) is 13.9. The van der Waals surface area contributed by atoms with Gasteiger partial charge in [0.25, 0.3) is 0 Å². The van der Waals surface area contributed by atoms with E-state index in [0.717, 1.165) is 13.1 Å². The summed E-state index contributed by atoms with van der Waals surface area (Å²) in [6.07, 6.45) is 0.344. The lowest BCUT2D eigenvalue weighted by Crippen LogP contribution is -2.54. The second kappa shape index (κ2) is 6.18. The van der Waals surface area contributed by atoms with Gasteiger partial charge in [0.15, 0.2) is 0 Å². The van der Waals surface area contributed by atoms with Crippen molar-refractivity contribution in [2.75, 3.05) is 26.7 Å². The Morgan fingerprint density at radius 3 is 2.61 bits per heavy atom. The van der Waals surface area contributed by atoms with Gasteiger partial charge in [-0.1, -0.05) is 13.8 Å². The van der Waals surface area contributed by atoms with Crippen LogP contribution in [0.3, 0.4) is 0 Å². The molecule has 1 aliphatic heterocycles. The van der Waals surface area contributed by atoms with Crippen molar-refractivity contribution in [2.45, 2.75) is 33.2 Å². The van der Waals surface area contributed by atoms with E-state index in [9.17, 15) is 14.7 Å². The van der Waals surface area contributed by atoms with Gasteiger partial charge in [0.05, 0.1) is 5.92 Å². The van der Waals surface area contributed by atoms with Gasteiger partial charge in [-0.3, -0.25) is 9.59 Å². The molecule has 5 heteroatoms.